The number of benzene rings is 3. The fourth-order valence-corrected chi connectivity index (χ4v) is 6.17. The molecule has 0 spiro atoms. The number of sulfonamides is 1. The Hall–Kier alpha value is -2.35. The van der Waals surface area contributed by atoms with Gasteiger partial charge in [-0.2, -0.15) is 13.2 Å². The Balaban J connectivity index is 0.00000320. The molecule has 0 bridgehead atoms. The number of carbonyl (C=O) groups is 1. The Kier molecular flexibility index (Phi) is 7.54. The summed E-state index contributed by atoms with van der Waals surface area (Å²) in [5.41, 5.74) is -2.33. The number of rotatable bonds is 4. The van der Waals surface area contributed by atoms with Crippen LogP contribution < -0.4 is 70.3 Å². The third kappa shape index (κ3) is 4.59. The summed E-state index contributed by atoms with van der Waals surface area (Å²) in [5.74, 6) is -1.19. The van der Waals surface area contributed by atoms with Gasteiger partial charge in [0.05, 0.1) is 27.8 Å². The van der Waals surface area contributed by atoms with Gasteiger partial charge in [0.1, 0.15) is 0 Å². The third-order valence-electron chi connectivity index (χ3n) is 5.96. The van der Waals surface area contributed by atoms with Gasteiger partial charge in [0.2, 0.25) is 6.79 Å². The summed E-state index contributed by atoms with van der Waals surface area (Å²) in [6.07, 6.45) is -4.50. The SMILES string of the molecule is CCc1cc(C2=C(C(=O)[O-])N(c3ccccc3C(F)(F)F)S(=O)(=O)c3ccccc32)cc2c1OCO2.[K+]. The number of fused-ring (bicyclic) bond motifs is 2. The molecule has 2 aliphatic rings. The second-order valence-electron chi connectivity index (χ2n) is 8.01. The first-order valence-electron chi connectivity index (χ1n) is 10.7. The van der Waals surface area contributed by atoms with Crippen LogP contribution in [0.5, 0.6) is 11.5 Å². The standard InChI is InChI=1S/C25H18F3NO6S.K/c1-2-14-11-15(12-19-23(14)35-13-34-19)21-16-7-3-6-10-20(16)36(32,33)29(22(21)24(30)31)18-9-5-4-8-17(18)25(26,27)28;/h3-12H,2,13H2,1H3,(H,30,31);/q;+1/p-1. The van der Waals surface area contributed by atoms with Crippen molar-refractivity contribution in [3.05, 3.63) is 88.6 Å². The summed E-state index contributed by atoms with van der Waals surface area (Å²) < 4.78 is 80.3. The Labute approximate surface area is 253 Å². The topological polar surface area (TPSA) is 96.0 Å². The van der Waals surface area contributed by atoms with Crippen LogP contribution in [0, 0.1) is 0 Å². The number of carbonyl (C=O) groups excluding carboxylic acids is 1. The second kappa shape index (κ2) is 10.1. The zero-order valence-electron chi connectivity index (χ0n) is 19.6. The monoisotopic (exact) mass is 555 g/mol. The van der Waals surface area contributed by atoms with E-state index in [0.29, 0.717) is 29.5 Å². The van der Waals surface area contributed by atoms with E-state index < -0.39 is 39.1 Å². The minimum absolute atomic E-state index is 0. The van der Waals surface area contributed by atoms with Crippen LogP contribution in [-0.2, 0) is 27.4 Å². The van der Waals surface area contributed by atoms with Crippen molar-refractivity contribution in [3.63, 3.8) is 0 Å². The number of carboxylic acids is 1. The summed E-state index contributed by atoms with van der Waals surface area (Å²) >= 11 is 0. The maximum atomic E-state index is 13.9. The smallest absolute Gasteiger partial charge is 0.543 e. The first-order valence-corrected chi connectivity index (χ1v) is 12.2. The molecule has 0 aromatic heterocycles. The zero-order chi connectivity index (χ0) is 25.8. The third-order valence-corrected chi connectivity index (χ3v) is 7.73. The van der Waals surface area contributed by atoms with Crippen molar-refractivity contribution in [1.29, 1.82) is 0 Å². The minimum Gasteiger partial charge on any atom is -0.543 e. The van der Waals surface area contributed by atoms with Crippen LogP contribution in [0.1, 0.15) is 29.2 Å². The fraction of sp³-hybridized carbons (Fsp3) is 0.160. The molecule has 2 aliphatic heterocycles. The summed E-state index contributed by atoms with van der Waals surface area (Å²) in [6.45, 7) is 1.77. The van der Waals surface area contributed by atoms with Crippen LogP contribution in [0.25, 0.3) is 5.57 Å². The number of nitrogens with zero attached hydrogens (tertiary/aromatic N) is 1. The molecule has 0 amide bonds. The van der Waals surface area contributed by atoms with Crippen LogP contribution >= 0.6 is 0 Å². The average molecular weight is 556 g/mol. The number of halogens is 3. The molecular weight excluding hydrogens is 538 g/mol. The number of hydrogen-bond donors (Lipinski definition) is 0. The van der Waals surface area contributed by atoms with Crippen LogP contribution in [0.15, 0.2) is 71.3 Å². The van der Waals surface area contributed by atoms with E-state index in [-0.39, 0.29) is 84.1 Å². The van der Waals surface area contributed by atoms with Crippen LogP contribution in [0.2, 0.25) is 0 Å². The molecule has 0 fully saturated rings. The van der Waals surface area contributed by atoms with Crippen LogP contribution in [-0.4, -0.2) is 21.2 Å². The fourth-order valence-electron chi connectivity index (χ4n) is 4.45. The van der Waals surface area contributed by atoms with Gasteiger partial charge in [-0.25, -0.2) is 12.7 Å². The zero-order valence-corrected chi connectivity index (χ0v) is 23.6. The normalized spacial score (nSPS) is 15.7. The molecule has 0 N–H and O–H groups in total. The Morgan fingerprint density at radius 2 is 1.73 bits per heavy atom. The molecule has 0 saturated heterocycles. The van der Waals surface area contributed by atoms with Gasteiger partial charge in [0.25, 0.3) is 10.0 Å². The average Bonchev–Trinajstić information content (AvgIpc) is 3.31. The summed E-state index contributed by atoms with van der Waals surface area (Å²) in [4.78, 5) is 12.2. The predicted octanol–water partition coefficient (Wildman–Crippen LogP) is 0.719. The van der Waals surface area contributed by atoms with E-state index in [4.69, 9.17) is 9.47 Å². The van der Waals surface area contributed by atoms with E-state index in [1.165, 1.54) is 36.4 Å². The molecule has 0 radical (unpaired) electrons. The van der Waals surface area contributed by atoms with Crippen LogP contribution in [0.4, 0.5) is 18.9 Å². The predicted molar refractivity (Wildman–Crippen MR) is 121 cm³/mol. The van der Waals surface area contributed by atoms with Gasteiger partial charge in [0, 0.05) is 11.1 Å². The molecule has 0 unspecified atom stereocenters. The second-order valence-corrected chi connectivity index (χ2v) is 9.77. The number of aliphatic carboxylic acids is 1. The van der Waals surface area contributed by atoms with Gasteiger partial charge in [-0.05, 0) is 47.9 Å². The van der Waals surface area contributed by atoms with Gasteiger partial charge in [-0.1, -0.05) is 37.3 Å². The molecule has 3 aromatic carbocycles. The minimum atomic E-state index is -4.96. The molecule has 5 rings (SSSR count). The number of aryl methyl sites for hydroxylation is 1. The summed E-state index contributed by atoms with van der Waals surface area (Å²) in [7, 11) is -4.78. The van der Waals surface area contributed by atoms with Crippen molar-refractivity contribution in [1.82, 2.24) is 0 Å². The van der Waals surface area contributed by atoms with E-state index in [1.54, 1.807) is 6.07 Å². The number of hydrogen-bond acceptors (Lipinski definition) is 6. The van der Waals surface area contributed by atoms with Crippen molar-refractivity contribution in [2.24, 2.45) is 0 Å². The molecule has 7 nitrogen and oxygen atoms in total. The molecule has 0 aliphatic carbocycles. The summed E-state index contributed by atoms with van der Waals surface area (Å²) in [5, 5.41) is 12.6. The summed E-state index contributed by atoms with van der Waals surface area (Å²) in [6, 6.07) is 12.5. The Morgan fingerprint density at radius 1 is 1.05 bits per heavy atom. The van der Waals surface area contributed by atoms with Gasteiger partial charge >= 0.3 is 57.6 Å². The van der Waals surface area contributed by atoms with E-state index in [2.05, 4.69) is 0 Å². The number of ether oxygens (including phenoxy) is 2. The maximum Gasteiger partial charge on any atom is 1.00 e. The van der Waals surface area contributed by atoms with Crippen molar-refractivity contribution < 1.29 is 92.3 Å². The number of anilines is 1. The van der Waals surface area contributed by atoms with Crippen LogP contribution in [0.3, 0.4) is 0 Å². The van der Waals surface area contributed by atoms with Gasteiger partial charge < -0.3 is 19.4 Å². The molecule has 2 heterocycles. The molecule has 0 atom stereocenters. The molecular formula is C25H17F3KNO6S. The first-order chi connectivity index (χ1) is 17.1. The number of alkyl halides is 3. The Bertz CT molecular complexity index is 1550. The van der Waals surface area contributed by atoms with Gasteiger partial charge in [0.15, 0.2) is 11.5 Å². The first kappa shape index (κ1) is 27.7. The van der Waals surface area contributed by atoms with Crippen molar-refractivity contribution in [3.8, 4) is 11.5 Å². The van der Waals surface area contributed by atoms with Crippen molar-refractivity contribution in [2.45, 2.75) is 24.4 Å². The molecule has 37 heavy (non-hydrogen) atoms. The molecule has 3 aromatic rings. The quantitative estimate of drug-likeness (QED) is 0.441. The van der Waals surface area contributed by atoms with Gasteiger partial charge in [-0.3, -0.25) is 0 Å². The maximum absolute atomic E-state index is 13.9. The van der Waals surface area contributed by atoms with Gasteiger partial charge in [-0.15, -0.1) is 0 Å². The molecule has 186 valence electrons. The largest absolute Gasteiger partial charge is 1.00 e. The van der Waals surface area contributed by atoms with E-state index in [0.717, 1.165) is 12.1 Å². The molecule has 12 heteroatoms. The Morgan fingerprint density at radius 3 is 2.41 bits per heavy atom. The number of carboxylic acid groups (broad SMARTS) is 1. The number of para-hydroxylation sites is 1. The molecule has 0 saturated carbocycles. The van der Waals surface area contributed by atoms with E-state index in [1.807, 2.05) is 6.92 Å². The van der Waals surface area contributed by atoms with E-state index in [9.17, 15) is 31.5 Å². The van der Waals surface area contributed by atoms with Crippen molar-refractivity contribution >= 4 is 27.3 Å². The van der Waals surface area contributed by atoms with E-state index >= 15 is 0 Å². The van der Waals surface area contributed by atoms with Crippen molar-refractivity contribution in [2.75, 3.05) is 11.1 Å².